The molecule has 2 aliphatic heterocycles. The van der Waals surface area contributed by atoms with Crippen LogP contribution in [-0.2, 0) is 9.59 Å². The summed E-state index contributed by atoms with van der Waals surface area (Å²) < 4.78 is 11.3. The van der Waals surface area contributed by atoms with E-state index < -0.39 is 17.7 Å². The number of rotatable bonds is 4. The number of aliphatic hydroxyl groups excluding tert-OH is 1. The quantitative estimate of drug-likeness (QED) is 0.327. The van der Waals surface area contributed by atoms with Gasteiger partial charge in [0.15, 0.2) is 0 Å². The van der Waals surface area contributed by atoms with Gasteiger partial charge < -0.3 is 19.5 Å². The number of aryl methyl sites for hydroxylation is 2. The van der Waals surface area contributed by atoms with Crippen LogP contribution in [-0.4, -0.2) is 44.1 Å². The number of methoxy groups -OCH3 is 1. The molecule has 0 saturated carbocycles. The third kappa shape index (κ3) is 3.77. The Morgan fingerprint density at radius 3 is 2.56 bits per heavy atom. The molecule has 0 bridgehead atoms. The Balaban J connectivity index is 1.74. The molecule has 0 aromatic heterocycles. The summed E-state index contributed by atoms with van der Waals surface area (Å²) in [7, 11) is 3.49. The number of likely N-dealkylation sites (N-methyl/N-ethyl adjacent to an activating group) is 1. The van der Waals surface area contributed by atoms with Crippen molar-refractivity contribution in [1.29, 1.82) is 0 Å². The van der Waals surface area contributed by atoms with E-state index in [9.17, 15) is 14.7 Å². The van der Waals surface area contributed by atoms with Crippen LogP contribution in [0.5, 0.6) is 11.5 Å². The third-order valence-electron chi connectivity index (χ3n) is 6.82. The molecule has 0 spiro atoms. The average molecular weight is 485 g/mol. The Morgan fingerprint density at radius 1 is 1.03 bits per heavy atom. The van der Waals surface area contributed by atoms with E-state index in [2.05, 4.69) is 0 Å². The van der Waals surface area contributed by atoms with Crippen molar-refractivity contribution in [3.8, 4) is 11.5 Å². The molecular formula is C29H28N2O5. The molecular weight excluding hydrogens is 456 g/mol. The molecule has 36 heavy (non-hydrogen) atoms. The monoisotopic (exact) mass is 484 g/mol. The Labute approximate surface area is 210 Å². The van der Waals surface area contributed by atoms with Gasteiger partial charge in [-0.1, -0.05) is 35.9 Å². The molecule has 2 heterocycles. The maximum Gasteiger partial charge on any atom is 0.300 e. The minimum Gasteiger partial charge on any atom is -0.507 e. The first kappa shape index (κ1) is 23.5. The smallest absolute Gasteiger partial charge is 0.300 e. The summed E-state index contributed by atoms with van der Waals surface area (Å²) >= 11 is 0. The molecule has 3 aromatic carbocycles. The molecule has 1 fully saturated rings. The zero-order chi connectivity index (χ0) is 25.6. The van der Waals surface area contributed by atoms with Crippen molar-refractivity contribution in [2.75, 3.05) is 37.1 Å². The van der Waals surface area contributed by atoms with Gasteiger partial charge in [-0.05, 0) is 49.7 Å². The van der Waals surface area contributed by atoms with Crippen molar-refractivity contribution in [3.05, 3.63) is 88.5 Å². The third-order valence-corrected chi connectivity index (χ3v) is 6.82. The number of carbonyl (C=O) groups excluding carboxylic acids is 2. The van der Waals surface area contributed by atoms with Crippen LogP contribution >= 0.6 is 0 Å². The Kier molecular flexibility index (Phi) is 5.92. The maximum atomic E-state index is 13.5. The topological polar surface area (TPSA) is 79.3 Å². The summed E-state index contributed by atoms with van der Waals surface area (Å²) in [4.78, 5) is 30.5. The van der Waals surface area contributed by atoms with Crippen molar-refractivity contribution >= 4 is 28.8 Å². The molecule has 7 nitrogen and oxygen atoms in total. The fourth-order valence-corrected chi connectivity index (χ4v) is 5.00. The first-order valence-corrected chi connectivity index (χ1v) is 11.8. The van der Waals surface area contributed by atoms with E-state index in [1.807, 2.05) is 62.2 Å². The van der Waals surface area contributed by atoms with Crippen LogP contribution in [0.2, 0.25) is 0 Å². The van der Waals surface area contributed by atoms with Gasteiger partial charge in [-0.3, -0.25) is 14.5 Å². The van der Waals surface area contributed by atoms with Gasteiger partial charge in [-0.25, -0.2) is 0 Å². The molecule has 184 valence electrons. The molecule has 0 radical (unpaired) electrons. The second kappa shape index (κ2) is 9.07. The van der Waals surface area contributed by atoms with Crippen LogP contribution in [0.3, 0.4) is 0 Å². The van der Waals surface area contributed by atoms with Gasteiger partial charge in [0.2, 0.25) is 0 Å². The number of amides is 1. The van der Waals surface area contributed by atoms with Crippen molar-refractivity contribution in [2.45, 2.75) is 19.9 Å². The number of hydrogen-bond acceptors (Lipinski definition) is 6. The number of carbonyl (C=O) groups is 2. The van der Waals surface area contributed by atoms with Gasteiger partial charge in [-0.15, -0.1) is 0 Å². The van der Waals surface area contributed by atoms with Crippen molar-refractivity contribution in [3.63, 3.8) is 0 Å². The lowest BCUT2D eigenvalue weighted by Crippen LogP contribution is -2.30. The van der Waals surface area contributed by atoms with Crippen LogP contribution in [0.1, 0.15) is 28.3 Å². The Hall–Kier alpha value is -4.26. The molecule has 1 saturated heterocycles. The molecule has 5 rings (SSSR count). The Bertz CT molecular complexity index is 1410. The second-order valence-electron chi connectivity index (χ2n) is 9.15. The molecule has 3 aromatic rings. The minimum atomic E-state index is -0.868. The highest BCUT2D eigenvalue weighted by Crippen LogP contribution is 2.46. The van der Waals surface area contributed by atoms with Gasteiger partial charge in [0, 0.05) is 23.9 Å². The number of aliphatic hydroxyl groups is 1. The van der Waals surface area contributed by atoms with Crippen LogP contribution in [0.25, 0.3) is 5.76 Å². The lowest BCUT2D eigenvalue weighted by molar-refractivity contribution is -0.132. The summed E-state index contributed by atoms with van der Waals surface area (Å²) in [6.45, 7) is 5.15. The standard InChI is InChI=1S/C29H28N2O5/c1-17-9-11-21(18(2)15-17)31-26(20-7-5-6-8-23(20)35-4)25(28(33)29(31)34)27(32)19-10-12-24-22(16-19)30(3)13-14-36-24/h5-12,15-16,26,32H,13-14H2,1-4H3/b27-25+. The summed E-state index contributed by atoms with van der Waals surface area (Å²) in [5.74, 6) is -0.456. The fraction of sp³-hybridized carbons (Fsp3) is 0.241. The number of anilines is 2. The van der Waals surface area contributed by atoms with Crippen LogP contribution in [0.15, 0.2) is 66.2 Å². The maximum absolute atomic E-state index is 13.5. The zero-order valence-corrected chi connectivity index (χ0v) is 20.7. The largest absolute Gasteiger partial charge is 0.507 e. The van der Waals surface area contributed by atoms with Gasteiger partial charge >= 0.3 is 0 Å². The van der Waals surface area contributed by atoms with Crippen LogP contribution < -0.4 is 19.3 Å². The molecule has 1 amide bonds. The summed E-state index contributed by atoms with van der Waals surface area (Å²) in [5, 5.41) is 11.5. The lowest BCUT2D eigenvalue weighted by Gasteiger charge is -2.29. The van der Waals surface area contributed by atoms with Gasteiger partial charge in [0.25, 0.3) is 11.7 Å². The molecule has 1 unspecified atom stereocenters. The van der Waals surface area contributed by atoms with E-state index in [0.29, 0.717) is 41.5 Å². The van der Waals surface area contributed by atoms with Crippen LogP contribution in [0.4, 0.5) is 11.4 Å². The molecule has 2 aliphatic rings. The first-order valence-electron chi connectivity index (χ1n) is 11.8. The molecule has 1 N–H and O–H groups in total. The van der Waals surface area contributed by atoms with Crippen molar-refractivity contribution < 1.29 is 24.2 Å². The number of fused-ring (bicyclic) bond motifs is 1. The van der Waals surface area contributed by atoms with Gasteiger partial charge in [0.05, 0.1) is 31.0 Å². The summed E-state index contributed by atoms with van der Waals surface area (Å²) in [5.41, 5.74) is 4.37. The predicted octanol–water partition coefficient (Wildman–Crippen LogP) is 4.77. The summed E-state index contributed by atoms with van der Waals surface area (Å²) in [6.07, 6.45) is 0. The van der Waals surface area contributed by atoms with E-state index in [1.54, 1.807) is 31.4 Å². The number of Topliss-reactive ketones (excluding diaryl/α,β-unsaturated/α-hetero) is 1. The summed E-state index contributed by atoms with van der Waals surface area (Å²) in [6, 6.07) is 17.3. The number of para-hydroxylation sites is 1. The van der Waals surface area contributed by atoms with Crippen LogP contribution in [0, 0.1) is 13.8 Å². The zero-order valence-electron chi connectivity index (χ0n) is 20.7. The molecule has 7 heteroatoms. The predicted molar refractivity (Wildman–Crippen MR) is 139 cm³/mol. The van der Waals surface area contributed by atoms with E-state index >= 15 is 0 Å². The highest BCUT2D eigenvalue weighted by Gasteiger charge is 2.48. The fourth-order valence-electron chi connectivity index (χ4n) is 5.00. The average Bonchev–Trinajstić information content (AvgIpc) is 3.13. The minimum absolute atomic E-state index is 0.0174. The number of nitrogens with zero attached hydrogens (tertiary/aromatic N) is 2. The SMILES string of the molecule is COc1ccccc1C1/C(=C(\O)c2ccc3c(c2)N(C)CCO3)C(=O)C(=O)N1c1ccc(C)cc1C. The first-order chi connectivity index (χ1) is 17.3. The van der Waals surface area contributed by atoms with Crippen molar-refractivity contribution in [1.82, 2.24) is 0 Å². The normalized spacial score (nSPS) is 18.7. The highest BCUT2D eigenvalue weighted by molar-refractivity contribution is 6.51. The number of hydrogen-bond donors (Lipinski definition) is 1. The Morgan fingerprint density at radius 2 is 1.81 bits per heavy atom. The van der Waals surface area contributed by atoms with E-state index in [-0.39, 0.29) is 11.3 Å². The van der Waals surface area contributed by atoms with E-state index in [1.165, 1.54) is 4.90 Å². The van der Waals surface area contributed by atoms with Crippen molar-refractivity contribution in [2.24, 2.45) is 0 Å². The second-order valence-corrected chi connectivity index (χ2v) is 9.15. The number of ketones is 1. The molecule has 0 aliphatic carbocycles. The number of ether oxygens (including phenoxy) is 2. The van der Waals surface area contributed by atoms with Gasteiger partial charge in [-0.2, -0.15) is 0 Å². The van der Waals surface area contributed by atoms with E-state index in [0.717, 1.165) is 16.8 Å². The lowest BCUT2D eigenvalue weighted by atomic mass is 9.94. The van der Waals surface area contributed by atoms with Gasteiger partial charge in [0.1, 0.15) is 23.9 Å². The van der Waals surface area contributed by atoms with E-state index in [4.69, 9.17) is 9.47 Å². The number of benzene rings is 3. The molecule has 1 atom stereocenters. The highest BCUT2D eigenvalue weighted by atomic mass is 16.5.